The highest BCUT2D eigenvalue weighted by Crippen LogP contribution is 2.30. The van der Waals surface area contributed by atoms with Gasteiger partial charge in [0.15, 0.2) is 5.82 Å². The predicted octanol–water partition coefficient (Wildman–Crippen LogP) is 6.64. The lowest BCUT2D eigenvalue weighted by Gasteiger charge is -2.00. The third kappa shape index (κ3) is 9.31. The van der Waals surface area contributed by atoms with Crippen LogP contribution in [0.25, 0.3) is 10.6 Å². The molecule has 0 aromatic carbocycles. The number of hydrogen-bond donors (Lipinski definition) is 0. The molecular weight excluding hydrogens is 420 g/mol. The molecule has 2 aromatic heterocycles. The monoisotopic (exact) mass is 444 g/mol. The standard InChI is InChI=1S/C15H16N2OS2.C8H4.C3H4/c1-2-3-9-20(18)14-10-11-6-7-12(16-15(11)17-14)13-5-4-8-19-13;1-3-5-7-8-6-4-2;1-3-2/h4-8H,2-3,9-10H2,1H3;1-2H2;1-2H2. The average Bonchev–Trinajstić information content (AvgIpc) is 3.45. The Morgan fingerprint density at radius 2 is 1.74 bits per heavy atom. The van der Waals surface area contributed by atoms with Crippen LogP contribution in [0, 0.1) is 0 Å². The molecule has 2 aromatic rings. The van der Waals surface area contributed by atoms with Crippen molar-refractivity contribution in [2.45, 2.75) is 26.2 Å². The molecular formula is C26H24N2OS2. The van der Waals surface area contributed by atoms with E-state index in [4.69, 9.17) is 0 Å². The number of pyridine rings is 1. The third-order valence-corrected chi connectivity index (χ3v) is 5.93. The summed E-state index contributed by atoms with van der Waals surface area (Å²) in [5, 5.41) is 2.82. The molecule has 1 unspecified atom stereocenters. The Morgan fingerprint density at radius 3 is 2.29 bits per heavy atom. The maximum absolute atomic E-state index is 12.1. The van der Waals surface area contributed by atoms with Gasteiger partial charge in [-0.1, -0.05) is 50.1 Å². The van der Waals surface area contributed by atoms with Crippen LogP contribution in [0.4, 0.5) is 5.82 Å². The van der Waals surface area contributed by atoms with Crippen LogP contribution in [-0.2, 0) is 17.2 Å². The molecule has 0 saturated carbocycles. The van der Waals surface area contributed by atoms with Crippen molar-refractivity contribution in [3.63, 3.8) is 0 Å². The lowest BCUT2D eigenvalue weighted by molar-refractivity contribution is 0.686. The molecule has 0 saturated heterocycles. The van der Waals surface area contributed by atoms with Crippen molar-refractivity contribution in [3.8, 4) is 10.6 Å². The Balaban J connectivity index is 0.000000368. The maximum Gasteiger partial charge on any atom is 0.157 e. The number of nitrogens with zero attached hydrogens (tertiary/aromatic N) is 2. The van der Waals surface area contributed by atoms with Crippen molar-refractivity contribution in [1.29, 1.82) is 0 Å². The van der Waals surface area contributed by atoms with Gasteiger partial charge in [-0.05, 0) is 60.0 Å². The fraction of sp³-hybridized carbons (Fsp3) is 0.192. The van der Waals surface area contributed by atoms with Crippen molar-refractivity contribution in [1.82, 2.24) is 4.98 Å². The Hall–Kier alpha value is -3.39. The van der Waals surface area contributed by atoms with Gasteiger partial charge in [0.2, 0.25) is 0 Å². The van der Waals surface area contributed by atoms with E-state index in [-0.39, 0.29) is 0 Å². The number of fused-ring (bicyclic) bond motifs is 1. The minimum absolute atomic E-state index is 0.684. The molecule has 1 aliphatic rings. The summed E-state index contributed by atoms with van der Waals surface area (Å²) in [4.78, 5) is 10.2. The van der Waals surface area contributed by atoms with E-state index in [1.807, 2.05) is 17.5 Å². The van der Waals surface area contributed by atoms with E-state index < -0.39 is 10.8 Å². The van der Waals surface area contributed by atoms with Gasteiger partial charge in [0, 0.05) is 17.7 Å². The zero-order valence-corrected chi connectivity index (χ0v) is 19.3. The molecule has 156 valence electrons. The second-order valence-electron chi connectivity index (χ2n) is 5.85. The van der Waals surface area contributed by atoms with Crippen LogP contribution in [0.2, 0.25) is 0 Å². The summed E-state index contributed by atoms with van der Waals surface area (Å²) in [7, 11) is -0.952. The number of thiophene rings is 1. The first-order valence-electron chi connectivity index (χ1n) is 9.44. The highest BCUT2D eigenvalue weighted by atomic mass is 32.2. The first-order chi connectivity index (χ1) is 15.1. The van der Waals surface area contributed by atoms with Crippen molar-refractivity contribution < 1.29 is 4.21 Å². The van der Waals surface area contributed by atoms with Crippen molar-refractivity contribution in [2.75, 3.05) is 5.75 Å². The normalized spacial score (nSPS) is 10.8. The number of aliphatic imine (C=N–C) groups is 1. The van der Waals surface area contributed by atoms with Gasteiger partial charge >= 0.3 is 0 Å². The second-order valence-corrected chi connectivity index (χ2v) is 8.36. The van der Waals surface area contributed by atoms with Crippen LogP contribution in [0.5, 0.6) is 0 Å². The summed E-state index contributed by atoms with van der Waals surface area (Å²) >= 11 is 1.67. The van der Waals surface area contributed by atoms with E-state index in [9.17, 15) is 4.21 Å². The largest absolute Gasteiger partial charge is 0.253 e. The maximum atomic E-state index is 12.1. The Labute approximate surface area is 191 Å². The Kier molecular flexibility index (Phi) is 12.8. The first kappa shape index (κ1) is 25.6. The molecule has 1 aliphatic heterocycles. The highest BCUT2D eigenvalue weighted by molar-refractivity contribution is 8.00. The minimum Gasteiger partial charge on any atom is -0.253 e. The molecule has 0 bridgehead atoms. The van der Waals surface area contributed by atoms with Crippen LogP contribution < -0.4 is 0 Å². The van der Waals surface area contributed by atoms with Gasteiger partial charge in [0.05, 0.1) is 21.4 Å². The van der Waals surface area contributed by atoms with E-state index in [2.05, 4.69) is 95.5 Å². The zero-order valence-electron chi connectivity index (χ0n) is 17.7. The van der Waals surface area contributed by atoms with E-state index >= 15 is 0 Å². The van der Waals surface area contributed by atoms with E-state index in [0.717, 1.165) is 39.8 Å². The fourth-order valence-electron chi connectivity index (χ4n) is 2.27. The number of unbranched alkanes of at least 4 members (excludes halogenated alkanes) is 1. The molecule has 3 heterocycles. The summed E-state index contributed by atoms with van der Waals surface area (Å²) in [6, 6.07) is 8.16. The summed E-state index contributed by atoms with van der Waals surface area (Å²) < 4.78 is 12.1. The molecule has 0 fully saturated rings. The van der Waals surface area contributed by atoms with Crippen LogP contribution in [0.1, 0.15) is 25.3 Å². The Bertz CT molecular complexity index is 1150. The van der Waals surface area contributed by atoms with Gasteiger partial charge < -0.3 is 0 Å². The fourth-order valence-corrected chi connectivity index (χ4v) is 4.26. The average molecular weight is 445 g/mol. The van der Waals surface area contributed by atoms with Gasteiger partial charge in [-0.25, -0.2) is 9.98 Å². The number of rotatable bonds is 4. The number of hydrogen-bond acceptors (Lipinski definition) is 4. The molecule has 0 radical (unpaired) electrons. The molecule has 3 rings (SSSR count). The van der Waals surface area contributed by atoms with Crippen molar-refractivity contribution in [2.24, 2.45) is 4.99 Å². The van der Waals surface area contributed by atoms with Crippen LogP contribution in [-0.4, -0.2) is 20.0 Å². The summed E-state index contributed by atoms with van der Waals surface area (Å²) in [5.74, 6) is 1.46. The van der Waals surface area contributed by atoms with Crippen LogP contribution in [0.15, 0.2) is 101 Å². The van der Waals surface area contributed by atoms with Gasteiger partial charge in [0.25, 0.3) is 0 Å². The molecule has 0 spiro atoms. The van der Waals surface area contributed by atoms with Gasteiger partial charge in [-0.15, -0.1) is 17.1 Å². The van der Waals surface area contributed by atoms with Gasteiger partial charge in [0.1, 0.15) is 5.04 Å². The second kappa shape index (κ2) is 15.4. The quantitative estimate of drug-likeness (QED) is 0.496. The lowest BCUT2D eigenvalue weighted by atomic mass is 10.2. The molecule has 31 heavy (non-hydrogen) atoms. The van der Waals surface area contributed by atoms with E-state index in [1.54, 1.807) is 11.3 Å². The molecule has 3 nitrogen and oxygen atoms in total. The lowest BCUT2D eigenvalue weighted by Crippen LogP contribution is -2.10. The SMILES string of the molecule is C=C=C.C=C=C=C=C=C=C=C.CCCCS(=O)C1=Nc2nc(-c3cccs3)ccc2C1. The summed E-state index contributed by atoms with van der Waals surface area (Å²) in [6.07, 6.45) is 2.73. The number of aromatic nitrogens is 1. The molecule has 5 heteroatoms. The smallest absolute Gasteiger partial charge is 0.157 e. The van der Waals surface area contributed by atoms with E-state index in [1.165, 1.54) is 0 Å². The minimum atomic E-state index is -0.952. The summed E-state index contributed by atoms with van der Waals surface area (Å²) in [5.41, 5.74) is 18.8. The van der Waals surface area contributed by atoms with Crippen LogP contribution >= 0.6 is 11.3 Å². The van der Waals surface area contributed by atoms with Crippen LogP contribution in [0.3, 0.4) is 0 Å². The molecule has 0 N–H and O–H groups in total. The zero-order chi connectivity index (χ0) is 22.9. The molecule has 0 aliphatic carbocycles. The Morgan fingerprint density at radius 1 is 1.06 bits per heavy atom. The van der Waals surface area contributed by atoms with E-state index in [0.29, 0.717) is 12.2 Å². The highest BCUT2D eigenvalue weighted by Gasteiger charge is 2.20. The predicted molar refractivity (Wildman–Crippen MR) is 133 cm³/mol. The topological polar surface area (TPSA) is 42.3 Å². The van der Waals surface area contributed by atoms with Crippen molar-refractivity contribution >= 4 is 33.0 Å². The third-order valence-electron chi connectivity index (χ3n) is 3.61. The van der Waals surface area contributed by atoms with Gasteiger partial charge in [-0.2, -0.15) is 0 Å². The summed E-state index contributed by atoms with van der Waals surface area (Å²) in [6.45, 7) is 14.9. The molecule has 0 amide bonds. The molecule has 1 atom stereocenters. The first-order valence-corrected chi connectivity index (χ1v) is 11.6. The van der Waals surface area contributed by atoms with Gasteiger partial charge in [-0.3, -0.25) is 4.21 Å². The van der Waals surface area contributed by atoms with Crippen molar-refractivity contribution in [3.05, 3.63) is 102 Å².